The van der Waals surface area contributed by atoms with Crippen LogP contribution in [0.2, 0.25) is 0 Å². The molecule has 0 atom stereocenters. The highest BCUT2D eigenvalue weighted by molar-refractivity contribution is 6.00. The van der Waals surface area contributed by atoms with Crippen LogP contribution in [0, 0.1) is 0 Å². The van der Waals surface area contributed by atoms with Crippen LogP contribution in [0.25, 0.3) is 0 Å². The first-order valence-electron chi connectivity index (χ1n) is 6.19. The van der Waals surface area contributed by atoms with Gasteiger partial charge in [-0.2, -0.15) is 0 Å². The van der Waals surface area contributed by atoms with Gasteiger partial charge in [0.25, 0.3) is 5.91 Å². The zero-order valence-corrected chi connectivity index (χ0v) is 11.4. The summed E-state index contributed by atoms with van der Waals surface area (Å²) in [4.78, 5) is 24.8. The molecule has 0 saturated carbocycles. The monoisotopic (exact) mass is 279 g/mol. The van der Waals surface area contributed by atoms with Crippen LogP contribution in [0.15, 0.2) is 18.2 Å². The predicted molar refractivity (Wildman–Crippen MR) is 74.2 cm³/mol. The maximum absolute atomic E-state index is 11.7. The Morgan fingerprint density at radius 1 is 1.50 bits per heavy atom. The third-order valence-corrected chi connectivity index (χ3v) is 2.91. The lowest BCUT2D eigenvalue weighted by Crippen LogP contribution is -2.36. The number of hydrogen-bond acceptors (Lipinski definition) is 4. The van der Waals surface area contributed by atoms with Crippen LogP contribution >= 0.6 is 0 Å². The van der Waals surface area contributed by atoms with Gasteiger partial charge < -0.3 is 25.0 Å². The van der Waals surface area contributed by atoms with Gasteiger partial charge in [-0.25, -0.2) is 4.79 Å². The van der Waals surface area contributed by atoms with Crippen LogP contribution in [-0.4, -0.2) is 45.9 Å². The molecule has 2 N–H and O–H groups in total. The molecule has 3 amide bonds. The number of carbonyl (C=O) groups is 2. The van der Waals surface area contributed by atoms with E-state index in [0.717, 1.165) is 0 Å². The van der Waals surface area contributed by atoms with Gasteiger partial charge in [-0.3, -0.25) is 4.79 Å². The third kappa shape index (κ3) is 3.00. The third-order valence-electron chi connectivity index (χ3n) is 2.91. The molecule has 0 spiro atoms. The van der Waals surface area contributed by atoms with Gasteiger partial charge in [-0.15, -0.1) is 0 Å². The number of fused-ring (bicyclic) bond motifs is 1. The average molecular weight is 279 g/mol. The molecule has 0 aliphatic carbocycles. The fraction of sp³-hybridized carbons (Fsp3) is 0.385. The van der Waals surface area contributed by atoms with E-state index >= 15 is 0 Å². The van der Waals surface area contributed by atoms with Crippen LogP contribution in [-0.2, 0) is 9.53 Å². The standard InChI is InChI=1S/C13H17N3O4/c1-16-10-5-3-4-9(12(10)20-8-11(16)17)15-13(18)14-6-7-19-2/h3-5H,6-8H2,1-2H3,(H2,14,15,18). The number of ether oxygens (including phenoxy) is 2. The van der Waals surface area contributed by atoms with Crippen LogP contribution < -0.4 is 20.3 Å². The highest BCUT2D eigenvalue weighted by Crippen LogP contribution is 2.37. The molecule has 0 fully saturated rings. The van der Waals surface area contributed by atoms with E-state index in [9.17, 15) is 9.59 Å². The minimum atomic E-state index is -0.349. The maximum atomic E-state index is 11.7. The smallest absolute Gasteiger partial charge is 0.319 e. The van der Waals surface area contributed by atoms with Crippen LogP contribution in [0.5, 0.6) is 5.75 Å². The molecule has 108 valence electrons. The first kappa shape index (κ1) is 14.1. The van der Waals surface area contributed by atoms with Crippen molar-refractivity contribution in [2.45, 2.75) is 0 Å². The van der Waals surface area contributed by atoms with E-state index in [1.807, 2.05) is 0 Å². The Morgan fingerprint density at radius 2 is 2.30 bits per heavy atom. The fourth-order valence-electron chi connectivity index (χ4n) is 1.84. The summed E-state index contributed by atoms with van der Waals surface area (Å²) in [5.74, 6) is 0.371. The molecule has 7 nitrogen and oxygen atoms in total. The first-order chi connectivity index (χ1) is 9.63. The van der Waals surface area contributed by atoms with Gasteiger partial charge >= 0.3 is 6.03 Å². The van der Waals surface area contributed by atoms with Crippen molar-refractivity contribution < 1.29 is 19.1 Å². The lowest BCUT2D eigenvalue weighted by atomic mass is 10.2. The van der Waals surface area contributed by atoms with Crippen molar-refractivity contribution in [1.82, 2.24) is 5.32 Å². The van der Waals surface area contributed by atoms with Gasteiger partial charge in [0.2, 0.25) is 0 Å². The van der Waals surface area contributed by atoms with E-state index in [4.69, 9.17) is 9.47 Å². The van der Waals surface area contributed by atoms with E-state index in [2.05, 4.69) is 10.6 Å². The molecule has 7 heteroatoms. The molecule has 1 aliphatic rings. The number of nitrogens with zero attached hydrogens (tertiary/aromatic N) is 1. The second-order valence-electron chi connectivity index (χ2n) is 4.27. The van der Waals surface area contributed by atoms with Crippen molar-refractivity contribution in [3.05, 3.63) is 18.2 Å². The molecule has 20 heavy (non-hydrogen) atoms. The molecule has 1 aliphatic heterocycles. The van der Waals surface area contributed by atoms with Gasteiger partial charge in [-0.05, 0) is 12.1 Å². The number of likely N-dealkylation sites (N-methyl/N-ethyl adjacent to an activating group) is 1. The molecule has 0 radical (unpaired) electrons. The fourth-order valence-corrected chi connectivity index (χ4v) is 1.84. The zero-order chi connectivity index (χ0) is 14.5. The van der Waals surface area contributed by atoms with Crippen molar-refractivity contribution >= 4 is 23.3 Å². The first-order valence-corrected chi connectivity index (χ1v) is 6.19. The molecule has 0 aromatic heterocycles. The SMILES string of the molecule is COCCNC(=O)Nc1cccc2c1OCC(=O)N2C. The summed E-state index contributed by atoms with van der Waals surface area (Å²) in [5.41, 5.74) is 1.16. The van der Waals surface area contributed by atoms with Crippen molar-refractivity contribution in [3.8, 4) is 5.75 Å². The maximum Gasteiger partial charge on any atom is 0.319 e. The second-order valence-corrected chi connectivity index (χ2v) is 4.27. The minimum Gasteiger partial charge on any atom is -0.479 e. The summed E-state index contributed by atoms with van der Waals surface area (Å²) in [6.07, 6.45) is 0. The number of para-hydroxylation sites is 1. The Morgan fingerprint density at radius 3 is 3.05 bits per heavy atom. The van der Waals surface area contributed by atoms with Crippen LogP contribution in [0.3, 0.4) is 0 Å². The average Bonchev–Trinajstić information content (AvgIpc) is 2.44. The number of methoxy groups -OCH3 is 1. The summed E-state index contributed by atoms with van der Waals surface area (Å²) < 4.78 is 10.3. The minimum absolute atomic E-state index is 0.0342. The summed E-state index contributed by atoms with van der Waals surface area (Å²) in [6, 6.07) is 4.89. The number of benzene rings is 1. The number of urea groups is 1. The molecular weight excluding hydrogens is 262 g/mol. The van der Waals surface area contributed by atoms with Gasteiger partial charge in [0, 0.05) is 20.7 Å². The Balaban J connectivity index is 2.10. The molecule has 0 saturated heterocycles. The van der Waals surface area contributed by atoms with Crippen molar-refractivity contribution in [2.75, 3.05) is 44.1 Å². The highest BCUT2D eigenvalue weighted by Gasteiger charge is 2.24. The van der Waals surface area contributed by atoms with E-state index < -0.39 is 0 Å². The largest absolute Gasteiger partial charge is 0.479 e. The van der Waals surface area contributed by atoms with Crippen molar-refractivity contribution in [1.29, 1.82) is 0 Å². The summed E-state index contributed by atoms with van der Waals surface area (Å²) in [7, 11) is 3.24. The normalized spacial score (nSPS) is 13.5. The number of hydrogen-bond donors (Lipinski definition) is 2. The lowest BCUT2D eigenvalue weighted by molar-refractivity contribution is -0.120. The Labute approximate surface area is 116 Å². The number of amides is 3. The lowest BCUT2D eigenvalue weighted by Gasteiger charge is -2.27. The molecule has 2 rings (SSSR count). The van der Waals surface area contributed by atoms with Gasteiger partial charge in [0.1, 0.15) is 0 Å². The number of carbonyl (C=O) groups excluding carboxylic acids is 2. The Hall–Kier alpha value is -2.28. The van der Waals surface area contributed by atoms with Gasteiger partial charge in [0.05, 0.1) is 18.0 Å². The molecule has 1 aromatic carbocycles. The van der Waals surface area contributed by atoms with Gasteiger partial charge in [0.15, 0.2) is 12.4 Å². The van der Waals surface area contributed by atoms with E-state index in [1.54, 1.807) is 32.4 Å². The quantitative estimate of drug-likeness (QED) is 0.799. The topological polar surface area (TPSA) is 79.9 Å². The van der Waals surface area contributed by atoms with Crippen molar-refractivity contribution in [2.24, 2.45) is 0 Å². The highest BCUT2D eigenvalue weighted by atomic mass is 16.5. The number of rotatable bonds is 4. The van der Waals surface area contributed by atoms with E-state index in [1.165, 1.54) is 4.90 Å². The Bertz CT molecular complexity index is 518. The predicted octanol–water partition coefficient (Wildman–Crippen LogP) is 0.810. The summed E-state index contributed by atoms with van der Waals surface area (Å²) >= 11 is 0. The Kier molecular flexibility index (Phi) is 4.41. The number of anilines is 2. The summed E-state index contributed by atoms with van der Waals surface area (Å²) in [5, 5.41) is 5.34. The van der Waals surface area contributed by atoms with Crippen LogP contribution in [0.4, 0.5) is 16.2 Å². The molecule has 1 heterocycles. The zero-order valence-electron chi connectivity index (χ0n) is 11.4. The molecule has 1 aromatic rings. The molecule has 0 unspecified atom stereocenters. The van der Waals surface area contributed by atoms with E-state index in [0.29, 0.717) is 30.3 Å². The summed E-state index contributed by atoms with van der Waals surface area (Å²) in [6.45, 7) is 0.818. The van der Waals surface area contributed by atoms with Crippen molar-refractivity contribution in [3.63, 3.8) is 0 Å². The second kappa shape index (κ2) is 6.25. The van der Waals surface area contributed by atoms with E-state index in [-0.39, 0.29) is 18.5 Å². The molecular formula is C13H17N3O4. The number of nitrogens with one attached hydrogen (secondary N) is 2. The molecule has 0 bridgehead atoms. The van der Waals surface area contributed by atoms with Gasteiger partial charge in [-0.1, -0.05) is 6.07 Å². The van der Waals surface area contributed by atoms with Crippen LogP contribution in [0.1, 0.15) is 0 Å².